The van der Waals surface area contributed by atoms with Crippen LogP contribution in [0.15, 0.2) is 12.1 Å². The number of benzene rings is 1. The predicted octanol–water partition coefficient (Wildman–Crippen LogP) is 2.11. The highest BCUT2D eigenvalue weighted by atomic mass is 19.1. The van der Waals surface area contributed by atoms with Crippen LogP contribution in [0.3, 0.4) is 0 Å². The van der Waals surface area contributed by atoms with Crippen molar-refractivity contribution >= 4 is 23.4 Å². The summed E-state index contributed by atoms with van der Waals surface area (Å²) in [5, 5.41) is 5.31. The topological polar surface area (TPSA) is 101 Å². The Bertz CT molecular complexity index is 651. The largest absolute Gasteiger partial charge is 0.366 e. The molecule has 0 bridgehead atoms. The molecule has 0 spiro atoms. The number of hydrogen-bond donors (Lipinski definition) is 3. The lowest BCUT2D eigenvalue weighted by atomic mass is 9.96. The van der Waals surface area contributed by atoms with Crippen molar-refractivity contribution in [1.29, 1.82) is 0 Å². The molecular formula is C17H24FN3O3. The van der Waals surface area contributed by atoms with Crippen LogP contribution in [0.1, 0.15) is 49.5 Å². The van der Waals surface area contributed by atoms with Crippen LogP contribution < -0.4 is 16.4 Å². The minimum atomic E-state index is -0.769. The summed E-state index contributed by atoms with van der Waals surface area (Å²) in [6, 6.07) is 2.38. The molecule has 0 fully saturated rings. The van der Waals surface area contributed by atoms with Gasteiger partial charge in [0.05, 0.1) is 0 Å². The smallest absolute Gasteiger partial charge is 0.248 e. The monoisotopic (exact) mass is 337 g/mol. The molecule has 3 amide bonds. The molecule has 7 heteroatoms. The van der Waals surface area contributed by atoms with E-state index >= 15 is 0 Å². The van der Waals surface area contributed by atoms with Crippen LogP contribution >= 0.6 is 0 Å². The molecule has 0 radical (unpaired) electrons. The van der Waals surface area contributed by atoms with Gasteiger partial charge in [0.25, 0.3) is 0 Å². The second-order valence-corrected chi connectivity index (χ2v) is 6.65. The Kier molecular flexibility index (Phi) is 6.45. The number of nitrogens with two attached hydrogens (primary N) is 1. The van der Waals surface area contributed by atoms with Crippen molar-refractivity contribution in [3.8, 4) is 0 Å². The first-order valence-electron chi connectivity index (χ1n) is 7.70. The van der Waals surface area contributed by atoms with Gasteiger partial charge in [-0.3, -0.25) is 14.4 Å². The number of halogens is 1. The second kappa shape index (κ2) is 7.90. The van der Waals surface area contributed by atoms with E-state index in [2.05, 4.69) is 10.6 Å². The van der Waals surface area contributed by atoms with E-state index < -0.39 is 17.1 Å². The zero-order valence-corrected chi connectivity index (χ0v) is 14.5. The Balaban J connectivity index is 2.57. The molecule has 0 unspecified atom stereocenters. The average molecular weight is 337 g/mol. The highest BCUT2D eigenvalue weighted by Crippen LogP contribution is 2.21. The fourth-order valence-electron chi connectivity index (χ4n) is 1.88. The first kappa shape index (κ1) is 19.6. The molecule has 1 aromatic carbocycles. The SMILES string of the molecule is Cc1c(F)cc(C(N)=O)cc1NC(=O)CCCNC(=O)C(C)(C)C. The third kappa shape index (κ3) is 5.64. The fraction of sp³-hybridized carbons (Fsp3) is 0.471. The third-order valence-electron chi connectivity index (χ3n) is 3.45. The number of hydrogen-bond acceptors (Lipinski definition) is 3. The van der Waals surface area contributed by atoms with Crippen molar-refractivity contribution in [2.45, 2.75) is 40.5 Å². The van der Waals surface area contributed by atoms with Gasteiger partial charge in [-0.1, -0.05) is 20.8 Å². The Morgan fingerprint density at radius 3 is 2.38 bits per heavy atom. The van der Waals surface area contributed by atoms with E-state index in [4.69, 9.17) is 5.73 Å². The summed E-state index contributed by atoms with van der Waals surface area (Å²) in [7, 11) is 0. The van der Waals surface area contributed by atoms with Gasteiger partial charge in [-0.2, -0.15) is 0 Å². The standard InChI is InChI=1S/C17H24FN3O3/c1-10-12(18)8-11(15(19)23)9-13(10)21-14(22)6-5-7-20-16(24)17(2,3)4/h8-9H,5-7H2,1-4H3,(H2,19,23)(H,20,24)(H,21,22). The van der Waals surface area contributed by atoms with Crippen LogP contribution in [0, 0.1) is 18.2 Å². The van der Waals surface area contributed by atoms with Crippen LogP contribution in [-0.4, -0.2) is 24.3 Å². The molecule has 24 heavy (non-hydrogen) atoms. The molecule has 0 aliphatic carbocycles. The van der Waals surface area contributed by atoms with Gasteiger partial charge in [0.2, 0.25) is 17.7 Å². The zero-order chi connectivity index (χ0) is 18.5. The van der Waals surface area contributed by atoms with Crippen molar-refractivity contribution < 1.29 is 18.8 Å². The Morgan fingerprint density at radius 2 is 1.83 bits per heavy atom. The number of primary amides is 1. The number of anilines is 1. The van der Waals surface area contributed by atoms with Crippen LogP contribution in [0.5, 0.6) is 0 Å². The summed E-state index contributed by atoms with van der Waals surface area (Å²) in [6.45, 7) is 7.28. The molecule has 0 atom stereocenters. The van der Waals surface area contributed by atoms with Gasteiger partial charge in [-0.05, 0) is 25.5 Å². The Labute approximate surface area is 141 Å². The Hall–Kier alpha value is -2.44. The maximum Gasteiger partial charge on any atom is 0.248 e. The van der Waals surface area contributed by atoms with E-state index in [1.807, 2.05) is 0 Å². The summed E-state index contributed by atoms with van der Waals surface area (Å²) >= 11 is 0. The van der Waals surface area contributed by atoms with Gasteiger partial charge in [0.1, 0.15) is 5.82 Å². The number of carbonyl (C=O) groups excluding carboxylic acids is 3. The molecule has 0 saturated heterocycles. The molecule has 132 valence electrons. The van der Waals surface area contributed by atoms with E-state index in [0.29, 0.717) is 13.0 Å². The van der Waals surface area contributed by atoms with Crippen LogP contribution in [-0.2, 0) is 9.59 Å². The molecule has 0 aromatic heterocycles. The molecule has 0 aliphatic heterocycles. The molecule has 0 saturated carbocycles. The quantitative estimate of drug-likeness (QED) is 0.693. The van der Waals surface area contributed by atoms with Crippen molar-refractivity contribution in [2.24, 2.45) is 11.1 Å². The van der Waals surface area contributed by atoms with E-state index in [1.165, 1.54) is 13.0 Å². The highest BCUT2D eigenvalue weighted by Gasteiger charge is 2.20. The molecule has 0 aliphatic rings. The first-order valence-corrected chi connectivity index (χ1v) is 7.70. The number of carbonyl (C=O) groups is 3. The minimum absolute atomic E-state index is 0.00848. The summed E-state index contributed by atoms with van der Waals surface area (Å²) < 4.78 is 13.8. The number of amides is 3. The first-order chi connectivity index (χ1) is 11.0. The summed E-state index contributed by atoms with van der Waals surface area (Å²) in [5.41, 5.74) is 5.09. The van der Waals surface area contributed by atoms with Gasteiger partial charge < -0.3 is 16.4 Å². The van der Waals surface area contributed by atoms with Crippen molar-refractivity contribution in [3.63, 3.8) is 0 Å². The number of rotatable bonds is 6. The third-order valence-corrected chi connectivity index (χ3v) is 3.45. The lowest BCUT2D eigenvalue weighted by Gasteiger charge is -2.17. The maximum atomic E-state index is 13.8. The predicted molar refractivity (Wildman–Crippen MR) is 90.0 cm³/mol. The molecular weight excluding hydrogens is 313 g/mol. The lowest BCUT2D eigenvalue weighted by Crippen LogP contribution is -2.35. The Morgan fingerprint density at radius 1 is 1.21 bits per heavy atom. The van der Waals surface area contributed by atoms with Crippen LogP contribution in [0.4, 0.5) is 10.1 Å². The zero-order valence-electron chi connectivity index (χ0n) is 14.5. The van der Waals surface area contributed by atoms with E-state index in [9.17, 15) is 18.8 Å². The van der Waals surface area contributed by atoms with Gasteiger partial charge in [-0.15, -0.1) is 0 Å². The highest BCUT2D eigenvalue weighted by molar-refractivity contribution is 5.97. The summed E-state index contributed by atoms with van der Waals surface area (Å²) in [6.07, 6.45) is 0.608. The average Bonchev–Trinajstić information content (AvgIpc) is 2.46. The lowest BCUT2D eigenvalue weighted by molar-refractivity contribution is -0.128. The summed E-state index contributed by atoms with van der Waals surface area (Å²) in [5.74, 6) is -1.80. The number of nitrogens with one attached hydrogen (secondary N) is 2. The second-order valence-electron chi connectivity index (χ2n) is 6.65. The van der Waals surface area contributed by atoms with Crippen LogP contribution in [0.25, 0.3) is 0 Å². The fourth-order valence-corrected chi connectivity index (χ4v) is 1.88. The van der Waals surface area contributed by atoms with Crippen molar-refractivity contribution in [3.05, 3.63) is 29.1 Å². The van der Waals surface area contributed by atoms with Crippen molar-refractivity contribution in [1.82, 2.24) is 5.32 Å². The molecule has 1 rings (SSSR count). The van der Waals surface area contributed by atoms with E-state index in [0.717, 1.165) is 6.07 Å². The maximum absolute atomic E-state index is 13.8. The van der Waals surface area contributed by atoms with Crippen molar-refractivity contribution in [2.75, 3.05) is 11.9 Å². The molecule has 1 aromatic rings. The molecule has 4 N–H and O–H groups in total. The van der Waals surface area contributed by atoms with Crippen LogP contribution in [0.2, 0.25) is 0 Å². The van der Waals surface area contributed by atoms with Gasteiger partial charge >= 0.3 is 0 Å². The minimum Gasteiger partial charge on any atom is -0.366 e. The van der Waals surface area contributed by atoms with Gasteiger partial charge in [0.15, 0.2) is 0 Å². The summed E-state index contributed by atoms with van der Waals surface area (Å²) in [4.78, 5) is 34.8. The van der Waals surface area contributed by atoms with Gasteiger partial charge in [-0.25, -0.2) is 4.39 Å². The molecule has 0 heterocycles. The molecule has 6 nitrogen and oxygen atoms in total. The van der Waals surface area contributed by atoms with E-state index in [-0.39, 0.29) is 35.0 Å². The normalized spacial score (nSPS) is 11.0. The van der Waals surface area contributed by atoms with E-state index in [1.54, 1.807) is 20.8 Å². The van der Waals surface area contributed by atoms with Gasteiger partial charge in [0, 0.05) is 35.2 Å².